The summed E-state index contributed by atoms with van der Waals surface area (Å²) in [6.45, 7) is 0.182. The molecule has 0 aromatic heterocycles. The third-order valence-corrected chi connectivity index (χ3v) is 3.68. The van der Waals surface area contributed by atoms with E-state index in [-0.39, 0.29) is 13.0 Å². The molecule has 6 heteroatoms. The third-order valence-electron chi connectivity index (χ3n) is 2.94. The van der Waals surface area contributed by atoms with Gasteiger partial charge in [-0.2, -0.15) is 0 Å². The molecule has 2 atom stereocenters. The zero-order valence-electron chi connectivity index (χ0n) is 8.78. The highest BCUT2D eigenvalue weighted by atomic mass is 35.5. The molecule has 4 nitrogen and oxygen atoms in total. The number of aliphatic carboxylic acids is 1. The Morgan fingerprint density at radius 3 is 2.65 bits per heavy atom. The average molecular weight is 276 g/mol. The summed E-state index contributed by atoms with van der Waals surface area (Å²) in [5.41, 5.74) is -0.639. The largest absolute Gasteiger partial charge is 0.480 e. The van der Waals surface area contributed by atoms with Crippen molar-refractivity contribution in [2.45, 2.75) is 18.1 Å². The van der Waals surface area contributed by atoms with E-state index in [2.05, 4.69) is 5.32 Å². The molecule has 0 aliphatic carbocycles. The second-order valence-electron chi connectivity index (χ2n) is 4.14. The van der Waals surface area contributed by atoms with Gasteiger partial charge in [-0.15, -0.1) is 0 Å². The van der Waals surface area contributed by atoms with Crippen LogP contribution in [-0.4, -0.2) is 28.8 Å². The first-order valence-corrected chi connectivity index (χ1v) is 5.82. The molecule has 3 N–H and O–H groups in total. The first-order chi connectivity index (χ1) is 7.92. The number of β-amino-alcohol motifs (C(OH)–C–C–N with tert-alkyl or cyclic N) is 1. The molecule has 0 bridgehead atoms. The number of aliphatic hydroxyl groups is 1. The van der Waals surface area contributed by atoms with Crippen LogP contribution in [-0.2, 0) is 10.4 Å². The molecule has 2 rings (SSSR count). The number of hydrogen-bond donors (Lipinski definition) is 3. The van der Waals surface area contributed by atoms with Crippen molar-refractivity contribution in [3.63, 3.8) is 0 Å². The standard InChI is InChI=1S/C11H11Cl2NO3/c12-7-2-1-6(3-8(7)13)11(17)4-9(10(15)16)14-5-11/h1-3,9,14,17H,4-5H2,(H,15,16). The zero-order valence-corrected chi connectivity index (χ0v) is 10.3. The fourth-order valence-electron chi connectivity index (χ4n) is 1.95. The monoisotopic (exact) mass is 275 g/mol. The molecule has 92 valence electrons. The van der Waals surface area contributed by atoms with Crippen molar-refractivity contribution in [1.82, 2.24) is 5.32 Å². The van der Waals surface area contributed by atoms with Gasteiger partial charge in [-0.3, -0.25) is 4.79 Å². The lowest BCUT2D eigenvalue weighted by molar-refractivity contribution is -0.139. The van der Waals surface area contributed by atoms with Crippen LogP contribution in [0.4, 0.5) is 0 Å². The molecular formula is C11H11Cl2NO3. The molecular weight excluding hydrogens is 265 g/mol. The number of carboxylic acids is 1. The molecule has 1 aliphatic rings. The lowest BCUT2D eigenvalue weighted by atomic mass is 9.91. The summed E-state index contributed by atoms with van der Waals surface area (Å²) in [5.74, 6) is -0.971. The van der Waals surface area contributed by atoms with Crippen LogP contribution in [0.3, 0.4) is 0 Å². The summed E-state index contributed by atoms with van der Waals surface area (Å²) >= 11 is 11.7. The van der Waals surface area contributed by atoms with Crippen molar-refractivity contribution in [1.29, 1.82) is 0 Å². The smallest absolute Gasteiger partial charge is 0.320 e. The van der Waals surface area contributed by atoms with Gasteiger partial charge in [0.1, 0.15) is 11.6 Å². The molecule has 0 radical (unpaired) electrons. The van der Waals surface area contributed by atoms with Crippen LogP contribution in [0, 0.1) is 0 Å². The minimum Gasteiger partial charge on any atom is -0.480 e. The molecule has 0 spiro atoms. The van der Waals surface area contributed by atoms with E-state index in [0.717, 1.165) is 0 Å². The van der Waals surface area contributed by atoms with E-state index in [4.69, 9.17) is 28.3 Å². The van der Waals surface area contributed by atoms with Crippen molar-refractivity contribution in [3.05, 3.63) is 33.8 Å². The molecule has 0 amide bonds. The second-order valence-corrected chi connectivity index (χ2v) is 4.95. The fraction of sp³-hybridized carbons (Fsp3) is 0.364. The Balaban J connectivity index is 2.27. The molecule has 17 heavy (non-hydrogen) atoms. The van der Waals surface area contributed by atoms with Gasteiger partial charge < -0.3 is 15.5 Å². The van der Waals surface area contributed by atoms with E-state index < -0.39 is 17.6 Å². The Bertz CT molecular complexity index is 466. The minimum atomic E-state index is -1.21. The Kier molecular flexibility index (Phi) is 3.32. The third kappa shape index (κ3) is 2.40. The summed E-state index contributed by atoms with van der Waals surface area (Å²) in [5, 5.41) is 22.7. The van der Waals surface area contributed by atoms with Crippen LogP contribution >= 0.6 is 23.2 Å². The number of nitrogens with one attached hydrogen (secondary N) is 1. The maximum absolute atomic E-state index is 10.8. The van der Waals surface area contributed by atoms with Gasteiger partial charge in [-0.1, -0.05) is 29.3 Å². The van der Waals surface area contributed by atoms with Crippen molar-refractivity contribution in [2.75, 3.05) is 6.54 Å². The first-order valence-electron chi connectivity index (χ1n) is 5.06. The van der Waals surface area contributed by atoms with Gasteiger partial charge in [-0.25, -0.2) is 0 Å². The predicted octanol–water partition coefficient (Wildman–Crippen LogP) is 1.63. The quantitative estimate of drug-likeness (QED) is 0.767. The highest BCUT2D eigenvalue weighted by Gasteiger charge is 2.41. The average Bonchev–Trinajstić information content (AvgIpc) is 2.66. The van der Waals surface area contributed by atoms with E-state index in [0.29, 0.717) is 15.6 Å². The summed E-state index contributed by atoms with van der Waals surface area (Å²) in [4.78, 5) is 10.8. The van der Waals surface area contributed by atoms with Gasteiger partial charge >= 0.3 is 5.97 Å². The van der Waals surface area contributed by atoms with Crippen LogP contribution in [0.1, 0.15) is 12.0 Å². The molecule has 1 aromatic rings. The summed E-state index contributed by atoms with van der Waals surface area (Å²) < 4.78 is 0. The summed E-state index contributed by atoms with van der Waals surface area (Å²) in [7, 11) is 0. The van der Waals surface area contributed by atoms with Crippen molar-refractivity contribution < 1.29 is 15.0 Å². The van der Waals surface area contributed by atoms with Gasteiger partial charge in [0.15, 0.2) is 0 Å². The number of hydrogen-bond acceptors (Lipinski definition) is 3. The van der Waals surface area contributed by atoms with E-state index in [1.165, 1.54) is 0 Å². The van der Waals surface area contributed by atoms with Crippen LogP contribution < -0.4 is 5.32 Å². The van der Waals surface area contributed by atoms with E-state index in [1.54, 1.807) is 18.2 Å². The fourth-order valence-corrected chi connectivity index (χ4v) is 2.25. The SMILES string of the molecule is O=C(O)C1CC(O)(c2ccc(Cl)c(Cl)c2)CN1. The minimum absolute atomic E-state index is 0.111. The normalized spacial score (nSPS) is 28.3. The first kappa shape index (κ1) is 12.6. The molecule has 1 aliphatic heterocycles. The number of rotatable bonds is 2. The zero-order chi connectivity index (χ0) is 12.6. The van der Waals surface area contributed by atoms with Crippen molar-refractivity contribution >= 4 is 29.2 Å². The highest BCUT2D eigenvalue weighted by molar-refractivity contribution is 6.42. The predicted molar refractivity (Wildman–Crippen MR) is 64.4 cm³/mol. The molecule has 1 heterocycles. The molecule has 0 saturated carbocycles. The van der Waals surface area contributed by atoms with Gasteiger partial charge in [-0.05, 0) is 17.7 Å². The van der Waals surface area contributed by atoms with Gasteiger partial charge in [0.05, 0.1) is 10.0 Å². The van der Waals surface area contributed by atoms with Crippen LogP contribution in [0.15, 0.2) is 18.2 Å². The Morgan fingerprint density at radius 2 is 2.12 bits per heavy atom. The Morgan fingerprint density at radius 1 is 1.41 bits per heavy atom. The Labute approximate surface area is 108 Å². The molecule has 1 saturated heterocycles. The van der Waals surface area contributed by atoms with Crippen LogP contribution in [0.25, 0.3) is 0 Å². The van der Waals surface area contributed by atoms with Crippen LogP contribution in [0.5, 0.6) is 0 Å². The second kappa shape index (κ2) is 4.46. The number of carbonyl (C=O) groups is 1. The van der Waals surface area contributed by atoms with Crippen molar-refractivity contribution in [3.8, 4) is 0 Å². The lowest BCUT2D eigenvalue weighted by Gasteiger charge is -2.22. The van der Waals surface area contributed by atoms with Gasteiger partial charge in [0.2, 0.25) is 0 Å². The van der Waals surface area contributed by atoms with E-state index >= 15 is 0 Å². The van der Waals surface area contributed by atoms with Gasteiger partial charge in [0, 0.05) is 13.0 Å². The highest BCUT2D eigenvalue weighted by Crippen LogP contribution is 2.34. The lowest BCUT2D eigenvalue weighted by Crippen LogP contribution is -2.30. The summed E-state index contributed by atoms with van der Waals surface area (Å²) in [6.07, 6.45) is 0.111. The maximum Gasteiger partial charge on any atom is 0.320 e. The molecule has 2 unspecified atom stereocenters. The van der Waals surface area contributed by atoms with Crippen LogP contribution in [0.2, 0.25) is 10.0 Å². The van der Waals surface area contributed by atoms with Gasteiger partial charge in [0.25, 0.3) is 0 Å². The Hall–Kier alpha value is -0.810. The summed E-state index contributed by atoms with van der Waals surface area (Å²) in [6, 6.07) is 4.07. The maximum atomic E-state index is 10.8. The van der Waals surface area contributed by atoms with Crippen molar-refractivity contribution in [2.24, 2.45) is 0 Å². The topological polar surface area (TPSA) is 69.6 Å². The van der Waals surface area contributed by atoms with E-state index in [1.807, 2.05) is 0 Å². The van der Waals surface area contributed by atoms with E-state index in [9.17, 15) is 9.90 Å². The molecule has 1 fully saturated rings. The molecule has 1 aromatic carbocycles. The number of halogens is 2. The number of carboxylic acid groups (broad SMARTS) is 1. The number of benzene rings is 1.